The van der Waals surface area contributed by atoms with Gasteiger partial charge in [0, 0.05) is 23.9 Å². The molecule has 0 atom stereocenters. The number of rotatable bonds is 4. The Balaban J connectivity index is 1.75. The first-order chi connectivity index (χ1) is 11.7. The third kappa shape index (κ3) is 3.46. The summed E-state index contributed by atoms with van der Waals surface area (Å²) in [5.41, 5.74) is 2.87. The van der Waals surface area contributed by atoms with E-state index < -0.39 is 0 Å². The summed E-state index contributed by atoms with van der Waals surface area (Å²) in [7, 11) is 0. The van der Waals surface area contributed by atoms with Crippen molar-refractivity contribution in [3.63, 3.8) is 0 Å². The molecule has 0 unspecified atom stereocenters. The van der Waals surface area contributed by atoms with E-state index >= 15 is 0 Å². The highest BCUT2D eigenvalue weighted by molar-refractivity contribution is 6.01. The normalized spacial score (nSPS) is 10.4. The monoisotopic (exact) mass is 321 g/mol. The van der Waals surface area contributed by atoms with Crippen LogP contribution in [0.1, 0.15) is 12.5 Å². The van der Waals surface area contributed by atoms with Crippen molar-refractivity contribution in [1.82, 2.24) is 5.16 Å². The molecule has 0 aliphatic heterocycles. The maximum absolute atomic E-state index is 12.5. The molecule has 2 amide bonds. The predicted octanol–water partition coefficient (Wildman–Crippen LogP) is 4.71. The summed E-state index contributed by atoms with van der Waals surface area (Å²) >= 11 is 0. The molecule has 0 aliphatic carbocycles. The minimum absolute atomic E-state index is 0.240. The number of hydrogen-bond donors (Lipinski definition) is 1. The highest BCUT2D eigenvalue weighted by atomic mass is 16.5. The third-order valence-electron chi connectivity index (χ3n) is 3.68. The number of nitrogens with one attached hydrogen (secondary N) is 1. The molecule has 1 N–H and O–H groups in total. The van der Waals surface area contributed by atoms with E-state index in [-0.39, 0.29) is 6.03 Å². The molecular weight excluding hydrogens is 302 g/mol. The van der Waals surface area contributed by atoms with E-state index in [2.05, 4.69) is 10.5 Å². The van der Waals surface area contributed by atoms with Crippen molar-refractivity contribution < 1.29 is 9.32 Å². The first-order valence-electron chi connectivity index (χ1n) is 7.84. The molecule has 3 aromatic rings. The molecule has 122 valence electrons. The lowest BCUT2D eigenvalue weighted by Crippen LogP contribution is -2.34. The Labute approximate surface area is 140 Å². The highest BCUT2D eigenvalue weighted by Gasteiger charge is 2.16. The second-order valence-corrected chi connectivity index (χ2v) is 5.46. The molecule has 3 rings (SSSR count). The molecule has 1 aromatic heterocycles. The van der Waals surface area contributed by atoms with Gasteiger partial charge in [0.05, 0.1) is 0 Å². The molecule has 1 heterocycles. The van der Waals surface area contributed by atoms with Gasteiger partial charge < -0.3 is 4.52 Å². The first kappa shape index (κ1) is 15.8. The number of carbonyl (C=O) groups is 1. The van der Waals surface area contributed by atoms with Crippen molar-refractivity contribution >= 4 is 17.5 Å². The Morgan fingerprint density at radius 1 is 1.12 bits per heavy atom. The molecule has 0 radical (unpaired) electrons. The maximum Gasteiger partial charge on any atom is 0.327 e. The maximum atomic E-state index is 12.5. The van der Waals surface area contributed by atoms with Gasteiger partial charge in [0.15, 0.2) is 11.6 Å². The topological polar surface area (TPSA) is 58.4 Å². The van der Waals surface area contributed by atoms with E-state index in [0.29, 0.717) is 18.1 Å². The van der Waals surface area contributed by atoms with E-state index in [4.69, 9.17) is 4.52 Å². The van der Waals surface area contributed by atoms with E-state index in [1.165, 1.54) is 0 Å². The minimum Gasteiger partial charge on any atom is -0.354 e. The molecule has 24 heavy (non-hydrogen) atoms. The number of urea groups is 1. The Kier molecular flexibility index (Phi) is 4.61. The van der Waals surface area contributed by atoms with Gasteiger partial charge in [-0.05, 0) is 31.5 Å². The zero-order chi connectivity index (χ0) is 16.9. The van der Waals surface area contributed by atoms with Crippen molar-refractivity contribution in [2.75, 3.05) is 16.8 Å². The summed E-state index contributed by atoms with van der Waals surface area (Å²) in [5.74, 6) is 1.01. The smallest absolute Gasteiger partial charge is 0.327 e. The van der Waals surface area contributed by atoms with Crippen molar-refractivity contribution in [3.05, 3.63) is 66.2 Å². The summed E-state index contributed by atoms with van der Waals surface area (Å²) < 4.78 is 5.31. The summed E-state index contributed by atoms with van der Waals surface area (Å²) in [5, 5.41) is 6.71. The quantitative estimate of drug-likeness (QED) is 0.757. The van der Waals surface area contributed by atoms with Gasteiger partial charge in [0.25, 0.3) is 0 Å². The number of benzene rings is 2. The molecule has 0 saturated carbocycles. The minimum atomic E-state index is -0.240. The average Bonchev–Trinajstić information content (AvgIpc) is 3.05. The van der Waals surface area contributed by atoms with E-state index in [1.54, 1.807) is 11.0 Å². The van der Waals surface area contributed by atoms with Gasteiger partial charge in [0.2, 0.25) is 0 Å². The summed E-state index contributed by atoms with van der Waals surface area (Å²) in [6.45, 7) is 4.48. The van der Waals surface area contributed by atoms with Gasteiger partial charge in [-0.2, -0.15) is 0 Å². The Bertz CT molecular complexity index is 827. The van der Waals surface area contributed by atoms with Crippen LogP contribution in [0.2, 0.25) is 0 Å². The van der Waals surface area contributed by atoms with Gasteiger partial charge in [-0.25, -0.2) is 4.79 Å². The molecular formula is C19H19N3O2. The van der Waals surface area contributed by atoms with Gasteiger partial charge in [0.1, 0.15) is 0 Å². The number of carbonyl (C=O) groups excluding carboxylic acids is 1. The third-order valence-corrected chi connectivity index (χ3v) is 3.68. The van der Waals surface area contributed by atoms with Crippen LogP contribution >= 0.6 is 0 Å². The van der Waals surface area contributed by atoms with E-state index in [1.807, 2.05) is 68.4 Å². The molecule has 0 bridgehead atoms. The molecule has 0 spiro atoms. The van der Waals surface area contributed by atoms with Gasteiger partial charge in [-0.15, -0.1) is 0 Å². The first-order valence-corrected chi connectivity index (χ1v) is 7.84. The average molecular weight is 321 g/mol. The number of aromatic nitrogens is 1. The summed E-state index contributed by atoms with van der Waals surface area (Å²) in [6, 6.07) is 18.9. The van der Waals surface area contributed by atoms with Crippen LogP contribution in [0.25, 0.3) is 11.3 Å². The van der Waals surface area contributed by atoms with Crippen LogP contribution in [0.3, 0.4) is 0 Å². The fourth-order valence-electron chi connectivity index (χ4n) is 2.49. The number of hydrogen-bond acceptors (Lipinski definition) is 3. The van der Waals surface area contributed by atoms with Crippen molar-refractivity contribution in [2.45, 2.75) is 13.8 Å². The Morgan fingerprint density at radius 3 is 2.62 bits per heavy atom. The van der Waals surface area contributed by atoms with Crippen LogP contribution in [-0.2, 0) is 0 Å². The van der Waals surface area contributed by atoms with Crippen LogP contribution in [0.5, 0.6) is 0 Å². The summed E-state index contributed by atoms with van der Waals surface area (Å²) in [6.07, 6.45) is 0. The SMILES string of the molecule is CCN(C(=O)Nc1cc(-c2ccccc2)on1)c1cccc(C)c1. The second kappa shape index (κ2) is 7.00. The standard InChI is InChI=1S/C19H19N3O2/c1-3-22(16-11-7-8-14(2)12-16)19(23)20-18-13-17(24-21-18)15-9-5-4-6-10-15/h4-13H,3H2,1-2H3,(H,20,21,23). The fraction of sp³-hybridized carbons (Fsp3) is 0.158. The van der Waals surface area contributed by atoms with Gasteiger partial charge in [-0.3, -0.25) is 10.2 Å². The Morgan fingerprint density at radius 2 is 1.92 bits per heavy atom. The van der Waals surface area contributed by atoms with Crippen molar-refractivity contribution in [3.8, 4) is 11.3 Å². The van der Waals surface area contributed by atoms with E-state index in [9.17, 15) is 4.79 Å². The number of nitrogens with zero attached hydrogens (tertiary/aromatic N) is 2. The van der Waals surface area contributed by atoms with Gasteiger partial charge in [-0.1, -0.05) is 47.6 Å². The largest absolute Gasteiger partial charge is 0.354 e. The van der Waals surface area contributed by atoms with Crippen molar-refractivity contribution in [1.29, 1.82) is 0 Å². The molecule has 0 aliphatic rings. The highest BCUT2D eigenvalue weighted by Crippen LogP contribution is 2.23. The fourth-order valence-corrected chi connectivity index (χ4v) is 2.49. The van der Waals surface area contributed by atoms with Crippen LogP contribution < -0.4 is 10.2 Å². The van der Waals surface area contributed by atoms with Crippen LogP contribution in [0.15, 0.2) is 65.2 Å². The zero-order valence-corrected chi connectivity index (χ0v) is 13.7. The van der Waals surface area contributed by atoms with Crippen LogP contribution in [-0.4, -0.2) is 17.7 Å². The molecule has 2 aromatic carbocycles. The molecule has 5 heteroatoms. The van der Waals surface area contributed by atoms with Gasteiger partial charge >= 0.3 is 6.03 Å². The number of anilines is 2. The lowest BCUT2D eigenvalue weighted by atomic mass is 10.2. The zero-order valence-electron chi connectivity index (χ0n) is 13.7. The number of aryl methyl sites for hydroxylation is 1. The second-order valence-electron chi connectivity index (χ2n) is 5.46. The van der Waals surface area contributed by atoms with Crippen LogP contribution in [0, 0.1) is 6.92 Å². The number of amides is 2. The van der Waals surface area contributed by atoms with Crippen molar-refractivity contribution in [2.24, 2.45) is 0 Å². The summed E-state index contributed by atoms with van der Waals surface area (Å²) in [4.78, 5) is 14.2. The van der Waals surface area contributed by atoms with E-state index in [0.717, 1.165) is 16.8 Å². The molecule has 0 fully saturated rings. The molecule has 5 nitrogen and oxygen atoms in total. The van der Waals surface area contributed by atoms with Crippen LogP contribution in [0.4, 0.5) is 16.3 Å². The molecule has 0 saturated heterocycles. The lowest BCUT2D eigenvalue weighted by Gasteiger charge is -2.21. The lowest BCUT2D eigenvalue weighted by molar-refractivity contribution is 0.257. The predicted molar refractivity (Wildman–Crippen MR) is 95.2 cm³/mol. The Hall–Kier alpha value is -3.08.